The Bertz CT molecular complexity index is 1040. The van der Waals surface area contributed by atoms with Gasteiger partial charge in [0.25, 0.3) is 5.91 Å². The number of thioether (sulfide) groups is 1. The average molecular weight is 515 g/mol. The van der Waals surface area contributed by atoms with Gasteiger partial charge < -0.3 is 19.6 Å². The molecule has 6 atom stereocenters. The van der Waals surface area contributed by atoms with E-state index >= 15 is 0 Å². The van der Waals surface area contributed by atoms with Crippen molar-refractivity contribution in [2.45, 2.75) is 63.0 Å². The number of ether oxygens (including phenoxy) is 1. The van der Waals surface area contributed by atoms with E-state index in [-0.39, 0.29) is 42.2 Å². The van der Waals surface area contributed by atoms with Gasteiger partial charge in [0.15, 0.2) is 0 Å². The number of rotatable bonds is 10. The predicted octanol–water partition coefficient (Wildman–Crippen LogP) is 3.50. The maximum absolute atomic E-state index is 14.6. The summed E-state index contributed by atoms with van der Waals surface area (Å²) in [5, 5.41) is 9.34. The van der Waals surface area contributed by atoms with Crippen molar-refractivity contribution in [3.8, 4) is 0 Å². The standard InChI is InChI=1S/C28H38N2O5S/c1-6-12-29(20-15-17(3)10-11-18(20)4)26(33)24-28-19(5)16-21(36-28)22(27(34)35-7-2)23(28)25(32)30(24)13-8-9-14-31/h6,10-11,15,19,21-24,31H,1,7-9,12-14,16H2,2-5H3/t19?,21-,22+,23+,24?,28?/m1/s1. The lowest BCUT2D eigenvalue weighted by atomic mass is 9.66. The number of aliphatic hydroxyl groups is 1. The highest BCUT2D eigenvalue weighted by Crippen LogP contribution is 2.68. The summed E-state index contributed by atoms with van der Waals surface area (Å²) in [6.45, 7) is 12.7. The number of unbranched alkanes of at least 4 members (excludes halogenated alkanes) is 1. The third-order valence-electron chi connectivity index (χ3n) is 8.08. The molecule has 1 aromatic rings. The Morgan fingerprint density at radius 2 is 2.08 bits per heavy atom. The number of amides is 2. The van der Waals surface area contributed by atoms with E-state index in [2.05, 4.69) is 13.5 Å². The number of hydrogen-bond acceptors (Lipinski definition) is 6. The first-order chi connectivity index (χ1) is 17.2. The van der Waals surface area contributed by atoms with E-state index in [1.54, 1.807) is 34.6 Å². The van der Waals surface area contributed by atoms with Gasteiger partial charge >= 0.3 is 5.97 Å². The summed E-state index contributed by atoms with van der Waals surface area (Å²) in [5.41, 5.74) is 2.83. The van der Waals surface area contributed by atoms with Crippen LogP contribution in [0.5, 0.6) is 0 Å². The number of fused-ring (bicyclic) bond motifs is 1. The minimum atomic E-state index is -0.696. The third-order valence-corrected chi connectivity index (χ3v) is 10.2. The van der Waals surface area contributed by atoms with E-state index in [4.69, 9.17) is 4.74 Å². The number of aryl methyl sites for hydroxylation is 2. The molecule has 196 valence electrons. The quantitative estimate of drug-likeness (QED) is 0.292. The molecule has 7 nitrogen and oxygen atoms in total. The van der Waals surface area contributed by atoms with E-state index in [0.29, 0.717) is 25.9 Å². The maximum Gasteiger partial charge on any atom is 0.310 e. The topological polar surface area (TPSA) is 87.2 Å². The van der Waals surface area contributed by atoms with Gasteiger partial charge in [0.1, 0.15) is 6.04 Å². The van der Waals surface area contributed by atoms with Crippen LogP contribution in [0.3, 0.4) is 0 Å². The normalized spacial score (nSPS) is 30.4. The van der Waals surface area contributed by atoms with Gasteiger partial charge in [-0.15, -0.1) is 18.3 Å². The molecule has 0 saturated carbocycles. The van der Waals surface area contributed by atoms with E-state index in [1.807, 2.05) is 32.0 Å². The lowest BCUT2D eigenvalue weighted by molar-refractivity contribution is -0.154. The highest BCUT2D eigenvalue weighted by molar-refractivity contribution is 8.02. The van der Waals surface area contributed by atoms with E-state index in [1.165, 1.54) is 0 Å². The number of anilines is 1. The molecule has 2 amide bonds. The van der Waals surface area contributed by atoms with Gasteiger partial charge in [-0.25, -0.2) is 0 Å². The highest BCUT2D eigenvalue weighted by atomic mass is 32.2. The molecule has 3 aliphatic heterocycles. The zero-order valence-electron chi connectivity index (χ0n) is 21.7. The number of nitrogens with zero attached hydrogens (tertiary/aromatic N) is 2. The molecule has 0 aromatic heterocycles. The molecule has 3 fully saturated rings. The fourth-order valence-electron chi connectivity index (χ4n) is 6.53. The summed E-state index contributed by atoms with van der Waals surface area (Å²) >= 11 is 1.66. The summed E-state index contributed by atoms with van der Waals surface area (Å²) in [4.78, 5) is 45.1. The Balaban J connectivity index is 1.81. The van der Waals surface area contributed by atoms with E-state index in [0.717, 1.165) is 23.2 Å². The van der Waals surface area contributed by atoms with Crippen molar-refractivity contribution in [1.82, 2.24) is 4.90 Å². The minimum Gasteiger partial charge on any atom is -0.466 e. The molecule has 0 aliphatic carbocycles. The lowest BCUT2D eigenvalue weighted by Crippen LogP contribution is -2.57. The van der Waals surface area contributed by atoms with Crippen LogP contribution in [0.2, 0.25) is 0 Å². The van der Waals surface area contributed by atoms with Gasteiger partial charge in [0.05, 0.1) is 23.2 Å². The Morgan fingerprint density at radius 3 is 2.75 bits per heavy atom. The number of carbonyl (C=O) groups is 3. The zero-order valence-corrected chi connectivity index (χ0v) is 22.6. The molecule has 1 spiro atoms. The molecule has 3 aliphatic rings. The fraction of sp³-hybridized carbons (Fsp3) is 0.607. The average Bonchev–Trinajstić information content (AvgIpc) is 3.43. The van der Waals surface area contributed by atoms with Crippen molar-refractivity contribution in [3.63, 3.8) is 0 Å². The summed E-state index contributed by atoms with van der Waals surface area (Å²) in [7, 11) is 0. The van der Waals surface area contributed by atoms with Crippen molar-refractivity contribution in [2.24, 2.45) is 17.8 Å². The van der Waals surface area contributed by atoms with E-state index < -0.39 is 22.6 Å². The lowest BCUT2D eigenvalue weighted by Gasteiger charge is -2.40. The molecular weight excluding hydrogens is 476 g/mol. The molecular formula is C28H38N2O5S. The second kappa shape index (κ2) is 10.6. The maximum atomic E-state index is 14.6. The minimum absolute atomic E-state index is 0.0268. The molecule has 3 unspecified atom stereocenters. The molecule has 2 bridgehead atoms. The van der Waals surface area contributed by atoms with Crippen LogP contribution in [0.1, 0.15) is 44.2 Å². The molecule has 1 N–H and O–H groups in total. The molecule has 8 heteroatoms. The van der Waals surface area contributed by atoms with Crippen molar-refractivity contribution in [2.75, 3.05) is 31.2 Å². The van der Waals surface area contributed by atoms with Crippen molar-refractivity contribution < 1.29 is 24.2 Å². The van der Waals surface area contributed by atoms with Gasteiger partial charge in [-0.1, -0.05) is 25.1 Å². The second-order valence-electron chi connectivity index (χ2n) is 10.3. The van der Waals surface area contributed by atoms with Gasteiger partial charge in [0.2, 0.25) is 5.91 Å². The van der Waals surface area contributed by atoms with Crippen LogP contribution < -0.4 is 4.90 Å². The van der Waals surface area contributed by atoms with Gasteiger partial charge in [0, 0.05) is 30.6 Å². The zero-order chi connectivity index (χ0) is 26.2. The number of carbonyl (C=O) groups excluding carboxylic acids is 3. The molecule has 1 aromatic carbocycles. The monoisotopic (exact) mass is 514 g/mol. The van der Waals surface area contributed by atoms with Crippen molar-refractivity contribution >= 4 is 35.2 Å². The van der Waals surface area contributed by atoms with Crippen molar-refractivity contribution in [3.05, 3.63) is 42.0 Å². The smallest absolute Gasteiger partial charge is 0.310 e. The van der Waals surface area contributed by atoms with Gasteiger partial charge in [-0.2, -0.15) is 0 Å². The summed E-state index contributed by atoms with van der Waals surface area (Å²) in [5.74, 6) is -1.62. The number of esters is 1. The van der Waals surface area contributed by atoms with Crippen LogP contribution in [-0.2, 0) is 19.1 Å². The van der Waals surface area contributed by atoms with Gasteiger partial charge in [-0.3, -0.25) is 14.4 Å². The second-order valence-corrected chi connectivity index (χ2v) is 11.8. The Hall–Kier alpha value is -2.32. The first kappa shape index (κ1) is 26.7. The summed E-state index contributed by atoms with van der Waals surface area (Å²) in [6, 6.07) is 5.33. The fourth-order valence-corrected chi connectivity index (χ4v) is 8.94. The number of likely N-dealkylation sites (tertiary alicyclic amines) is 1. The van der Waals surface area contributed by atoms with Crippen LogP contribution in [0, 0.1) is 31.6 Å². The largest absolute Gasteiger partial charge is 0.466 e. The Labute approximate surface area is 218 Å². The third kappa shape index (κ3) is 4.16. The van der Waals surface area contributed by atoms with Gasteiger partial charge in [-0.05, 0) is 63.1 Å². The van der Waals surface area contributed by atoms with Crippen LogP contribution in [0.15, 0.2) is 30.9 Å². The SMILES string of the molecule is C=CCN(C(=O)C1N(CCCCO)C(=O)[C@@H]2[C@@H](C(=O)OCC)[C@H]3CC(C)C12S3)c1cc(C)ccc1C. The first-order valence-electron chi connectivity index (χ1n) is 13.0. The molecule has 4 rings (SSSR count). The van der Waals surface area contributed by atoms with Crippen LogP contribution >= 0.6 is 11.8 Å². The molecule has 36 heavy (non-hydrogen) atoms. The van der Waals surface area contributed by atoms with Crippen molar-refractivity contribution in [1.29, 1.82) is 0 Å². The predicted molar refractivity (Wildman–Crippen MR) is 142 cm³/mol. The summed E-state index contributed by atoms with van der Waals surface area (Å²) < 4.78 is 4.73. The number of hydrogen-bond donors (Lipinski definition) is 1. The molecule has 3 heterocycles. The highest BCUT2D eigenvalue weighted by Gasteiger charge is 2.76. The summed E-state index contributed by atoms with van der Waals surface area (Å²) in [6.07, 6.45) is 3.62. The number of benzene rings is 1. The van der Waals surface area contributed by atoms with Crippen LogP contribution in [0.25, 0.3) is 0 Å². The Kier molecular flexibility index (Phi) is 7.86. The first-order valence-corrected chi connectivity index (χ1v) is 13.9. The van der Waals surface area contributed by atoms with Crippen LogP contribution in [-0.4, -0.2) is 70.1 Å². The molecule has 0 radical (unpaired) electrons. The van der Waals surface area contributed by atoms with Crippen LogP contribution in [0.4, 0.5) is 5.69 Å². The number of aliphatic hydroxyl groups excluding tert-OH is 1. The van der Waals surface area contributed by atoms with E-state index in [9.17, 15) is 19.5 Å². The Morgan fingerprint density at radius 1 is 1.33 bits per heavy atom. The molecule has 3 saturated heterocycles.